The van der Waals surface area contributed by atoms with E-state index >= 15 is 0 Å². The number of benzene rings is 1. The van der Waals surface area contributed by atoms with Crippen LogP contribution in [0.5, 0.6) is 0 Å². The van der Waals surface area contributed by atoms with Crippen molar-refractivity contribution in [2.45, 2.75) is 32.5 Å². The van der Waals surface area contributed by atoms with Crippen molar-refractivity contribution >= 4 is 11.9 Å². The predicted octanol–water partition coefficient (Wildman–Crippen LogP) is 2.28. The number of rotatable bonds is 4. The molecule has 1 aliphatic rings. The topological polar surface area (TPSA) is 65.4 Å². The first kappa shape index (κ1) is 13.5. The molecule has 0 aliphatic carbocycles. The first-order valence-corrected chi connectivity index (χ1v) is 6.30. The van der Waals surface area contributed by atoms with Crippen LogP contribution in [0.2, 0.25) is 0 Å². The lowest BCUT2D eigenvalue weighted by Gasteiger charge is -2.27. The van der Waals surface area contributed by atoms with E-state index in [-0.39, 0.29) is 24.0 Å². The predicted molar refractivity (Wildman–Crippen MR) is 73.1 cm³/mol. The van der Waals surface area contributed by atoms with E-state index in [1.807, 2.05) is 38.1 Å². The van der Waals surface area contributed by atoms with Gasteiger partial charge < -0.3 is 9.64 Å². The van der Waals surface area contributed by atoms with E-state index in [9.17, 15) is 4.79 Å². The van der Waals surface area contributed by atoms with Gasteiger partial charge in [0.05, 0.1) is 6.61 Å². The molecule has 1 fully saturated rings. The smallest absolute Gasteiger partial charge is 0.323 e. The minimum absolute atomic E-state index is 0.0407. The SMILES string of the molecule is COCc1cccc(C2C(=N)NC(=O)N2C(C)C)c1. The van der Waals surface area contributed by atoms with Gasteiger partial charge in [0, 0.05) is 13.2 Å². The van der Waals surface area contributed by atoms with Crippen LogP contribution in [0.15, 0.2) is 24.3 Å². The van der Waals surface area contributed by atoms with Gasteiger partial charge in [-0.2, -0.15) is 0 Å². The molecule has 2 amide bonds. The van der Waals surface area contributed by atoms with E-state index in [4.69, 9.17) is 10.1 Å². The van der Waals surface area contributed by atoms with Gasteiger partial charge in [-0.05, 0) is 25.0 Å². The summed E-state index contributed by atoms with van der Waals surface area (Å²) < 4.78 is 5.12. The zero-order valence-corrected chi connectivity index (χ0v) is 11.4. The van der Waals surface area contributed by atoms with Crippen LogP contribution in [0.25, 0.3) is 0 Å². The van der Waals surface area contributed by atoms with Gasteiger partial charge in [-0.1, -0.05) is 24.3 Å². The van der Waals surface area contributed by atoms with Crippen molar-refractivity contribution in [3.63, 3.8) is 0 Å². The summed E-state index contributed by atoms with van der Waals surface area (Å²) in [5.74, 6) is 0.230. The highest BCUT2D eigenvalue weighted by molar-refractivity contribution is 6.06. The Morgan fingerprint density at radius 2 is 2.21 bits per heavy atom. The van der Waals surface area contributed by atoms with E-state index in [0.717, 1.165) is 11.1 Å². The molecular weight excluding hydrogens is 242 g/mol. The average molecular weight is 261 g/mol. The van der Waals surface area contributed by atoms with Crippen molar-refractivity contribution in [1.82, 2.24) is 10.2 Å². The average Bonchev–Trinajstić information content (AvgIpc) is 2.65. The Balaban J connectivity index is 2.35. The van der Waals surface area contributed by atoms with Crippen LogP contribution >= 0.6 is 0 Å². The second-order valence-corrected chi connectivity index (χ2v) is 4.93. The third-order valence-electron chi connectivity index (χ3n) is 3.16. The third kappa shape index (κ3) is 2.61. The van der Waals surface area contributed by atoms with Crippen LogP contribution in [-0.2, 0) is 11.3 Å². The quantitative estimate of drug-likeness (QED) is 0.873. The zero-order valence-electron chi connectivity index (χ0n) is 11.4. The van der Waals surface area contributed by atoms with Crippen LogP contribution in [-0.4, -0.2) is 29.9 Å². The van der Waals surface area contributed by atoms with E-state index in [1.54, 1.807) is 12.0 Å². The van der Waals surface area contributed by atoms with Gasteiger partial charge in [0.15, 0.2) is 0 Å². The Kier molecular flexibility index (Phi) is 3.85. The molecule has 5 nitrogen and oxygen atoms in total. The molecular formula is C14H19N3O2. The number of nitrogens with zero attached hydrogens (tertiary/aromatic N) is 1. The number of hydrogen-bond donors (Lipinski definition) is 2. The lowest BCUT2D eigenvalue weighted by atomic mass is 10.0. The van der Waals surface area contributed by atoms with Gasteiger partial charge in [0.25, 0.3) is 0 Å². The van der Waals surface area contributed by atoms with Gasteiger partial charge in [-0.25, -0.2) is 4.79 Å². The van der Waals surface area contributed by atoms with E-state index in [2.05, 4.69) is 5.32 Å². The van der Waals surface area contributed by atoms with Crippen molar-refractivity contribution < 1.29 is 9.53 Å². The molecule has 0 bridgehead atoms. The maximum atomic E-state index is 11.9. The first-order chi connectivity index (χ1) is 9.04. The van der Waals surface area contributed by atoms with E-state index < -0.39 is 0 Å². The van der Waals surface area contributed by atoms with Crippen LogP contribution < -0.4 is 5.32 Å². The summed E-state index contributed by atoms with van der Waals surface area (Å²) >= 11 is 0. The number of hydrogen-bond acceptors (Lipinski definition) is 3. The molecule has 0 spiro atoms. The lowest BCUT2D eigenvalue weighted by Crippen LogP contribution is -2.35. The summed E-state index contributed by atoms with van der Waals surface area (Å²) in [7, 11) is 1.65. The molecule has 0 radical (unpaired) electrons. The highest BCUT2D eigenvalue weighted by atomic mass is 16.5. The second-order valence-electron chi connectivity index (χ2n) is 4.93. The summed E-state index contributed by atoms with van der Waals surface area (Å²) in [4.78, 5) is 13.6. The number of amides is 2. The Morgan fingerprint density at radius 3 is 2.84 bits per heavy atom. The number of carbonyl (C=O) groups is 1. The van der Waals surface area contributed by atoms with Crippen molar-refractivity contribution in [3.05, 3.63) is 35.4 Å². The summed E-state index contributed by atoms with van der Waals surface area (Å²) in [6, 6.07) is 7.33. The number of carbonyl (C=O) groups excluding carboxylic acids is 1. The van der Waals surface area contributed by atoms with Crippen molar-refractivity contribution in [1.29, 1.82) is 5.41 Å². The second kappa shape index (κ2) is 5.40. The van der Waals surface area contributed by atoms with Gasteiger partial charge in [0.2, 0.25) is 0 Å². The standard InChI is InChI=1S/C14H19N3O2/c1-9(2)17-12(13(15)16-14(17)18)11-6-4-5-10(7-11)8-19-3/h4-7,9,12H,8H2,1-3H3,(H2,15,16,18). The largest absolute Gasteiger partial charge is 0.380 e. The fraction of sp³-hybridized carbons (Fsp3) is 0.429. The van der Waals surface area contributed by atoms with Crippen molar-refractivity contribution in [2.75, 3.05) is 7.11 Å². The fourth-order valence-corrected chi connectivity index (χ4v) is 2.38. The normalized spacial score (nSPS) is 19.2. The number of methoxy groups -OCH3 is 1. The Hall–Kier alpha value is -1.88. The number of amidine groups is 1. The number of nitrogens with one attached hydrogen (secondary N) is 2. The summed E-state index contributed by atoms with van der Waals surface area (Å²) in [5, 5.41) is 10.6. The maximum absolute atomic E-state index is 11.9. The van der Waals surface area contributed by atoms with Gasteiger partial charge in [-0.15, -0.1) is 0 Å². The summed E-state index contributed by atoms with van der Waals surface area (Å²) in [5.41, 5.74) is 1.97. The van der Waals surface area contributed by atoms with E-state index in [1.165, 1.54) is 0 Å². The van der Waals surface area contributed by atoms with Crippen LogP contribution in [0.3, 0.4) is 0 Å². The summed E-state index contributed by atoms with van der Waals surface area (Å²) in [6.45, 7) is 4.42. The molecule has 1 saturated heterocycles. The molecule has 102 valence electrons. The molecule has 19 heavy (non-hydrogen) atoms. The highest BCUT2D eigenvalue weighted by Gasteiger charge is 2.38. The van der Waals surface area contributed by atoms with Crippen LogP contribution in [0.1, 0.15) is 31.0 Å². The molecule has 1 aromatic rings. The van der Waals surface area contributed by atoms with Gasteiger partial charge in [-0.3, -0.25) is 10.7 Å². The summed E-state index contributed by atoms with van der Waals surface area (Å²) in [6.07, 6.45) is 0. The monoisotopic (exact) mass is 261 g/mol. The van der Waals surface area contributed by atoms with Gasteiger partial charge in [0.1, 0.15) is 11.9 Å². The van der Waals surface area contributed by atoms with Crippen LogP contribution in [0, 0.1) is 5.41 Å². The Morgan fingerprint density at radius 1 is 1.47 bits per heavy atom. The highest BCUT2D eigenvalue weighted by Crippen LogP contribution is 2.28. The molecule has 2 N–H and O–H groups in total. The molecule has 1 aliphatic heterocycles. The Labute approximate surface area is 113 Å². The molecule has 1 heterocycles. The minimum Gasteiger partial charge on any atom is -0.380 e. The van der Waals surface area contributed by atoms with Crippen LogP contribution in [0.4, 0.5) is 4.79 Å². The minimum atomic E-state index is -0.329. The van der Waals surface area contributed by atoms with E-state index in [0.29, 0.717) is 6.61 Å². The number of ether oxygens (including phenoxy) is 1. The fourth-order valence-electron chi connectivity index (χ4n) is 2.38. The third-order valence-corrected chi connectivity index (χ3v) is 3.16. The van der Waals surface area contributed by atoms with Crippen molar-refractivity contribution in [2.24, 2.45) is 0 Å². The molecule has 0 aromatic heterocycles. The zero-order chi connectivity index (χ0) is 14.0. The molecule has 1 aromatic carbocycles. The van der Waals surface area contributed by atoms with Gasteiger partial charge >= 0.3 is 6.03 Å². The molecule has 2 rings (SSSR count). The molecule has 5 heteroatoms. The molecule has 1 atom stereocenters. The molecule has 0 saturated carbocycles. The molecule has 1 unspecified atom stereocenters. The lowest BCUT2D eigenvalue weighted by molar-refractivity contribution is 0.184. The number of urea groups is 1. The Bertz CT molecular complexity index is 499. The first-order valence-electron chi connectivity index (χ1n) is 6.30. The van der Waals surface area contributed by atoms with Crippen molar-refractivity contribution in [3.8, 4) is 0 Å². The maximum Gasteiger partial charge on any atom is 0.323 e.